The Morgan fingerprint density at radius 3 is 2.50 bits per heavy atom. The second-order valence-electron chi connectivity index (χ2n) is 6.12. The van der Waals surface area contributed by atoms with E-state index in [1.54, 1.807) is 12.1 Å². The van der Waals surface area contributed by atoms with Crippen molar-refractivity contribution in [3.05, 3.63) is 87.1 Å². The van der Waals surface area contributed by atoms with Crippen LogP contribution in [0.3, 0.4) is 0 Å². The van der Waals surface area contributed by atoms with Crippen molar-refractivity contribution in [2.24, 2.45) is 0 Å². The van der Waals surface area contributed by atoms with Crippen LogP contribution in [0.15, 0.2) is 65.1 Å². The molecule has 0 radical (unpaired) electrons. The summed E-state index contributed by atoms with van der Waals surface area (Å²) in [6, 6.07) is 17.8. The van der Waals surface area contributed by atoms with Crippen LogP contribution in [0, 0.1) is 5.82 Å². The molecular weight excluding hydrogens is 445 g/mol. The van der Waals surface area contributed by atoms with Gasteiger partial charge in [-0.2, -0.15) is 0 Å². The standard InChI is InChI=1S/C22H20BrClFNO2/c1-2-27-21-11-16(13-26-19-5-3-4-17(24)12-19)10-20(23)22(21)28-14-15-6-8-18(25)9-7-15/h3-12,26H,2,13-14H2,1H3. The first kappa shape index (κ1) is 20.5. The molecule has 0 atom stereocenters. The van der Waals surface area contributed by atoms with Gasteiger partial charge in [0.25, 0.3) is 0 Å². The van der Waals surface area contributed by atoms with E-state index >= 15 is 0 Å². The van der Waals surface area contributed by atoms with E-state index in [4.69, 9.17) is 21.1 Å². The third kappa shape index (κ3) is 5.63. The molecule has 0 saturated carbocycles. The fourth-order valence-electron chi connectivity index (χ4n) is 2.67. The van der Waals surface area contributed by atoms with Gasteiger partial charge in [0.05, 0.1) is 11.1 Å². The Bertz CT molecular complexity index is 934. The molecule has 0 aliphatic carbocycles. The zero-order valence-electron chi connectivity index (χ0n) is 15.3. The Balaban J connectivity index is 1.74. The molecular formula is C22H20BrClFNO2. The smallest absolute Gasteiger partial charge is 0.175 e. The molecule has 0 spiro atoms. The summed E-state index contributed by atoms with van der Waals surface area (Å²) in [7, 11) is 0. The molecule has 3 rings (SSSR count). The van der Waals surface area contributed by atoms with Gasteiger partial charge in [-0.1, -0.05) is 29.8 Å². The SMILES string of the molecule is CCOc1cc(CNc2cccc(Cl)c2)cc(Br)c1OCc1ccc(F)cc1. The molecule has 0 aromatic heterocycles. The predicted molar refractivity (Wildman–Crippen MR) is 115 cm³/mol. The maximum Gasteiger partial charge on any atom is 0.175 e. The van der Waals surface area contributed by atoms with E-state index in [1.807, 2.05) is 43.3 Å². The minimum Gasteiger partial charge on any atom is -0.490 e. The summed E-state index contributed by atoms with van der Waals surface area (Å²) < 4.78 is 25.6. The van der Waals surface area contributed by atoms with E-state index < -0.39 is 0 Å². The summed E-state index contributed by atoms with van der Waals surface area (Å²) in [6.07, 6.45) is 0. The Morgan fingerprint density at radius 1 is 1.00 bits per heavy atom. The van der Waals surface area contributed by atoms with E-state index in [0.717, 1.165) is 21.3 Å². The molecule has 0 unspecified atom stereocenters. The molecule has 1 N–H and O–H groups in total. The molecule has 3 aromatic carbocycles. The van der Waals surface area contributed by atoms with Gasteiger partial charge in [0.2, 0.25) is 0 Å². The third-order valence-electron chi connectivity index (χ3n) is 3.99. The highest BCUT2D eigenvalue weighted by Crippen LogP contribution is 2.37. The zero-order valence-corrected chi connectivity index (χ0v) is 17.7. The van der Waals surface area contributed by atoms with Crippen LogP contribution in [-0.2, 0) is 13.2 Å². The fraction of sp³-hybridized carbons (Fsp3) is 0.182. The summed E-state index contributed by atoms with van der Waals surface area (Å²) in [5, 5.41) is 4.03. The lowest BCUT2D eigenvalue weighted by molar-refractivity contribution is 0.267. The molecule has 0 aliphatic rings. The van der Waals surface area contributed by atoms with Gasteiger partial charge in [-0.05, 0) is 76.4 Å². The Kier molecular flexibility index (Phi) is 7.18. The topological polar surface area (TPSA) is 30.5 Å². The lowest BCUT2D eigenvalue weighted by Gasteiger charge is -2.16. The van der Waals surface area contributed by atoms with Crippen LogP contribution in [-0.4, -0.2) is 6.61 Å². The maximum atomic E-state index is 13.1. The molecule has 0 bridgehead atoms. The van der Waals surface area contributed by atoms with Crippen molar-refractivity contribution in [3.63, 3.8) is 0 Å². The highest BCUT2D eigenvalue weighted by Gasteiger charge is 2.13. The van der Waals surface area contributed by atoms with Gasteiger partial charge in [0, 0.05) is 17.3 Å². The second kappa shape index (κ2) is 9.80. The number of anilines is 1. The number of hydrogen-bond acceptors (Lipinski definition) is 3. The number of nitrogens with one attached hydrogen (secondary N) is 1. The number of hydrogen-bond donors (Lipinski definition) is 1. The first-order valence-electron chi connectivity index (χ1n) is 8.87. The molecule has 28 heavy (non-hydrogen) atoms. The molecule has 0 saturated heterocycles. The third-order valence-corrected chi connectivity index (χ3v) is 4.81. The average Bonchev–Trinajstić information content (AvgIpc) is 2.67. The van der Waals surface area contributed by atoms with Gasteiger partial charge in [-0.15, -0.1) is 0 Å². The molecule has 6 heteroatoms. The molecule has 3 aromatic rings. The fourth-order valence-corrected chi connectivity index (χ4v) is 3.46. The van der Waals surface area contributed by atoms with Crippen molar-refractivity contribution < 1.29 is 13.9 Å². The van der Waals surface area contributed by atoms with Crippen LogP contribution < -0.4 is 14.8 Å². The molecule has 0 heterocycles. The summed E-state index contributed by atoms with van der Waals surface area (Å²) in [5.74, 6) is 1.01. The average molecular weight is 465 g/mol. The largest absolute Gasteiger partial charge is 0.490 e. The minimum atomic E-state index is -0.267. The van der Waals surface area contributed by atoms with Gasteiger partial charge >= 0.3 is 0 Å². The van der Waals surface area contributed by atoms with E-state index in [1.165, 1.54) is 12.1 Å². The van der Waals surface area contributed by atoms with Crippen molar-refractivity contribution in [3.8, 4) is 11.5 Å². The molecule has 0 fully saturated rings. The van der Waals surface area contributed by atoms with E-state index in [0.29, 0.717) is 36.3 Å². The summed E-state index contributed by atoms with van der Waals surface area (Å²) in [5.41, 5.74) is 2.85. The Hall–Kier alpha value is -2.24. The van der Waals surface area contributed by atoms with Crippen LogP contribution in [0.4, 0.5) is 10.1 Å². The van der Waals surface area contributed by atoms with Crippen LogP contribution in [0.25, 0.3) is 0 Å². The highest BCUT2D eigenvalue weighted by atomic mass is 79.9. The highest BCUT2D eigenvalue weighted by molar-refractivity contribution is 9.10. The van der Waals surface area contributed by atoms with Crippen molar-refractivity contribution in [1.29, 1.82) is 0 Å². The summed E-state index contributed by atoms with van der Waals surface area (Å²) in [6.45, 7) is 3.37. The van der Waals surface area contributed by atoms with Crippen LogP contribution in [0.1, 0.15) is 18.1 Å². The zero-order chi connectivity index (χ0) is 19.9. The van der Waals surface area contributed by atoms with Crippen molar-refractivity contribution in [2.75, 3.05) is 11.9 Å². The molecule has 3 nitrogen and oxygen atoms in total. The van der Waals surface area contributed by atoms with Crippen molar-refractivity contribution in [2.45, 2.75) is 20.1 Å². The van der Waals surface area contributed by atoms with Gasteiger partial charge in [0.1, 0.15) is 12.4 Å². The quantitative estimate of drug-likeness (QED) is 0.396. The Labute approximate surface area is 177 Å². The van der Waals surface area contributed by atoms with Crippen molar-refractivity contribution >= 4 is 33.2 Å². The van der Waals surface area contributed by atoms with Crippen LogP contribution >= 0.6 is 27.5 Å². The minimum absolute atomic E-state index is 0.267. The van der Waals surface area contributed by atoms with E-state index in [9.17, 15) is 4.39 Å². The van der Waals surface area contributed by atoms with E-state index in [-0.39, 0.29) is 5.82 Å². The number of rotatable bonds is 8. The van der Waals surface area contributed by atoms with Gasteiger partial charge in [-0.25, -0.2) is 4.39 Å². The van der Waals surface area contributed by atoms with Crippen LogP contribution in [0.2, 0.25) is 5.02 Å². The number of halogens is 3. The number of benzene rings is 3. The molecule has 0 aliphatic heterocycles. The summed E-state index contributed by atoms with van der Waals surface area (Å²) in [4.78, 5) is 0. The second-order valence-corrected chi connectivity index (χ2v) is 7.41. The van der Waals surface area contributed by atoms with Crippen LogP contribution in [0.5, 0.6) is 11.5 Å². The van der Waals surface area contributed by atoms with Gasteiger partial charge < -0.3 is 14.8 Å². The van der Waals surface area contributed by atoms with Gasteiger partial charge in [-0.3, -0.25) is 0 Å². The normalized spacial score (nSPS) is 10.6. The molecule has 0 amide bonds. The lowest BCUT2D eigenvalue weighted by Crippen LogP contribution is -2.04. The van der Waals surface area contributed by atoms with E-state index in [2.05, 4.69) is 21.2 Å². The predicted octanol–water partition coefficient (Wildman–Crippen LogP) is 6.83. The maximum absolute atomic E-state index is 13.1. The van der Waals surface area contributed by atoms with Gasteiger partial charge in [0.15, 0.2) is 11.5 Å². The first-order chi connectivity index (χ1) is 13.5. The van der Waals surface area contributed by atoms with Crippen molar-refractivity contribution in [1.82, 2.24) is 0 Å². The first-order valence-corrected chi connectivity index (χ1v) is 10.0. The monoisotopic (exact) mass is 463 g/mol. The number of ether oxygens (including phenoxy) is 2. The summed E-state index contributed by atoms with van der Waals surface area (Å²) >= 11 is 9.61. The molecule has 146 valence electrons. The Morgan fingerprint density at radius 2 is 1.79 bits per heavy atom. The lowest BCUT2D eigenvalue weighted by atomic mass is 10.2.